The fraction of sp³-hybridized carbons (Fsp3) is 0. The fourth-order valence-corrected chi connectivity index (χ4v) is 9.03. The lowest BCUT2D eigenvalue weighted by Gasteiger charge is -2.13. The first kappa shape index (κ1) is 33.9. The molecule has 0 N–H and O–H groups in total. The zero-order valence-corrected chi connectivity index (χ0v) is 32.4. The first-order valence-corrected chi connectivity index (χ1v) is 20.3. The summed E-state index contributed by atoms with van der Waals surface area (Å²) in [5.41, 5.74) is 13.7. The standard InChI is InChI=1S/C55H35N5/c1-4-17-36(18-5-1)40-34-46(37-19-6-2-7-20-37)56-51(35-40)60-48-30-15-12-27-44(48)53-50(60)32-31-49-52(53)43-26-11-14-29-47(43)59(49)41-24-16-23-39(33-41)55-57-45-28-13-10-25-42(45)54(58-55)38-21-8-3-9-22-38/h1-35H. The van der Waals surface area contributed by atoms with Crippen molar-refractivity contribution in [2.24, 2.45) is 0 Å². The highest BCUT2D eigenvalue weighted by molar-refractivity contribution is 6.28. The number of hydrogen-bond acceptors (Lipinski definition) is 3. The largest absolute Gasteiger partial charge is 0.309 e. The van der Waals surface area contributed by atoms with Crippen molar-refractivity contribution >= 4 is 54.5 Å². The minimum absolute atomic E-state index is 0.695. The smallest absolute Gasteiger partial charge is 0.160 e. The Hall–Kier alpha value is -8.15. The Labute approximate surface area is 346 Å². The van der Waals surface area contributed by atoms with Gasteiger partial charge in [0.05, 0.1) is 39.0 Å². The van der Waals surface area contributed by atoms with Crippen LogP contribution in [0.15, 0.2) is 212 Å². The predicted molar refractivity (Wildman–Crippen MR) is 248 cm³/mol. The maximum absolute atomic E-state index is 5.40. The van der Waals surface area contributed by atoms with E-state index in [1.807, 2.05) is 12.1 Å². The molecule has 4 heterocycles. The van der Waals surface area contributed by atoms with Gasteiger partial charge in [0.1, 0.15) is 5.82 Å². The molecule has 0 amide bonds. The van der Waals surface area contributed by atoms with Crippen LogP contribution in [0, 0.1) is 0 Å². The SMILES string of the molecule is c1ccc(-c2cc(-c3ccccc3)nc(-n3c4ccccc4c4c5c6ccccc6n(-c6cccc(-c7nc(-c8ccccc8)c8ccccc8n7)c6)c5ccc43)c2)cc1. The van der Waals surface area contributed by atoms with Crippen molar-refractivity contribution in [1.82, 2.24) is 24.1 Å². The van der Waals surface area contributed by atoms with Gasteiger partial charge in [0.15, 0.2) is 5.82 Å². The van der Waals surface area contributed by atoms with Gasteiger partial charge in [0.2, 0.25) is 0 Å². The third-order valence-electron chi connectivity index (χ3n) is 11.7. The normalized spacial score (nSPS) is 11.7. The molecule has 12 aromatic rings. The molecule has 4 aromatic heterocycles. The average molecular weight is 766 g/mol. The Balaban J connectivity index is 1.09. The first-order chi connectivity index (χ1) is 29.8. The average Bonchev–Trinajstić information content (AvgIpc) is 3.85. The van der Waals surface area contributed by atoms with Crippen LogP contribution >= 0.6 is 0 Å². The molecule has 12 rings (SSSR count). The molecule has 0 saturated heterocycles. The molecule has 0 aliphatic heterocycles. The Bertz CT molecular complexity index is 3530. The number of para-hydroxylation sites is 3. The van der Waals surface area contributed by atoms with Gasteiger partial charge in [-0.2, -0.15) is 0 Å². The summed E-state index contributed by atoms with van der Waals surface area (Å²) in [5.74, 6) is 1.57. The van der Waals surface area contributed by atoms with Crippen LogP contribution < -0.4 is 0 Å². The summed E-state index contributed by atoms with van der Waals surface area (Å²) in [4.78, 5) is 15.7. The van der Waals surface area contributed by atoms with Crippen LogP contribution in [0.1, 0.15) is 0 Å². The van der Waals surface area contributed by atoms with Crippen molar-refractivity contribution in [3.63, 3.8) is 0 Å². The number of nitrogens with zero attached hydrogens (tertiary/aromatic N) is 5. The summed E-state index contributed by atoms with van der Waals surface area (Å²) in [7, 11) is 0. The van der Waals surface area contributed by atoms with Crippen molar-refractivity contribution in [3.05, 3.63) is 212 Å². The molecule has 0 fully saturated rings. The summed E-state index contributed by atoms with van der Waals surface area (Å²) in [6.45, 7) is 0. The van der Waals surface area contributed by atoms with Crippen LogP contribution in [-0.4, -0.2) is 24.1 Å². The van der Waals surface area contributed by atoms with Crippen LogP contribution in [0.5, 0.6) is 0 Å². The van der Waals surface area contributed by atoms with E-state index in [1.165, 1.54) is 21.5 Å². The highest BCUT2D eigenvalue weighted by atomic mass is 15.1. The van der Waals surface area contributed by atoms with E-state index in [4.69, 9.17) is 15.0 Å². The van der Waals surface area contributed by atoms with E-state index in [0.29, 0.717) is 5.82 Å². The highest BCUT2D eigenvalue weighted by Gasteiger charge is 2.22. The van der Waals surface area contributed by atoms with E-state index >= 15 is 0 Å². The third-order valence-corrected chi connectivity index (χ3v) is 11.7. The Morgan fingerprint density at radius 3 is 1.57 bits per heavy atom. The number of hydrogen-bond donors (Lipinski definition) is 0. The van der Waals surface area contributed by atoms with Gasteiger partial charge in [-0.15, -0.1) is 0 Å². The van der Waals surface area contributed by atoms with Gasteiger partial charge in [-0.25, -0.2) is 15.0 Å². The van der Waals surface area contributed by atoms with Gasteiger partial charge in [-0.1, -0.05) is 158 Å². The van der Waals surface area contributed by atoms with E-state index in [9.17, 15) is 0 Å². The lowest BCUT2D eigenvalue weighted by molar-refractivity contribution is 1.08. The van der Waals surface area contributed by atoms with E-state index in [1.54, 1.807) is 0 Å². The second-order valence-electron chi connectivity index (χ2n) is 15.2. The molecule has 5 heteroatoms. The second-order valence-corrected chi connectivity index (χ2v) is 15.2. The minimum Gasteiger partial charge on any atom is -0.309 e. The van der Waals surface area contributed by atoms with Gasteiger partial charge in [0.25, 0.3) is 0 Å². The molecule has 0 bridgehead atoms. The molecule has 0 aliphatic carbocycles. The molecular weight excluding hydrogens is 731 g/mol. The van der Waals surface area contributed by atoms with E-state index in [2.05, 4.69) is 209 Å². The van der Waals surface area contributed by atoms with Crippen LogP contribution in [0.2, 0.25) is 0 Å². The van der Waals surface area contributed by atoms with Crippen molar-refractivity contribution in [1.29, 1.82) is 0 Å². The van der Waals surface area contributed by atoms with Gasteiger partial charge >= 0.3 is 0 Å². The summed E-state index contributed by atoms with van der Waals surface area (Å²) < 4.78 is 4.73. The van der Waals surface area contributed by atoms with Crippen molar-refractivity contribution in [2.45, 2.75) is 0 Å². The van der Waals surface area contributed by atoms with Crippen LogP contribution in [-0.2, 0) is 0 Å². The van der Waals surface area contributed by atoms with Gasteiger partial charge in [-0.05, 0) is 65.7 Å². The van der Waals surface area contributed by atoms with Gasteiger partial charge in [-0.3, -0.25) is 4.57 Å². The molecule has 0 atom stereocenters. The minimum atomic E-state index is 0.695. The predicted octanol–water partition coefficient (Wildman–Crippen LogP) is 13.9. The summed E-state index contributed by atoms with van der Waals surface area (Å²) in [6, 6.07) is 74.8. The Morgan fingerprint density at radius 1 is 0.317 bits per heavy atom. The van der Waals surface area contributed by atoms with Crippen molar-refractivity contribution in [2.75, 3.05) is 0 Å². The summed E-state index contributed by atoms with van der Waals surface area (Å²) >= 11 is 0. The first-order valence-electron chi connectivity index (χ1n) is 20.3. The molecule has 0 radical (unpaired) electrons. The van der Waals surface area contributed by atoms with Crippen molar-refractivity contribution in [3.8, 4) is 56.5 Å². The molecule has 0 aliphatic rings. The lowest BCUT2D eigenvalue weighted by atomic mass is 10.0. The van der Waals surface area contributed by atoms with Crippen LogP contribution in [0.25, 0.3) is 111 Å². The maximum atomic E-state index is 5.40. The lowest BCUT2D eigenvalue weighted by Crippen LogP contribution is -2.00. The monoisotopic (exact) mass is 765 g/mol. The molecular formula is C55H35N5. The van der Waals surface area contributed by atoms with E-state index < -0.39 is 0 Å². The number of fused-ring (bicyclic) bond motifs is 8. The molecule has 8 aromatic carbocycles. The quantitative estimate of drug-likeness (QED) is 0.169. The zero-order chi connectivity index (χ0) is 39.6. The molecule has 5 nitrogen and oxygen atoms in total. The van der Waals surface area contributed by atoms with Crippen LogP contribution in [0.4, 0.5) is 0 Å². The summed E-state index contributed by atoms with van der Waals surface area (Å²) in [6.07, 6.45) is 0. The van der Waals surface area contributed by atoms with Crippen molar-refractivity contribution < 1.29 is 0 Å². The Morgan fingerprint density at radius 2 is 0.867 bits per heavy atom. The van der Waals surface area contributed by atoms with Crippen LogP contribution in [0.3, 0.4) is 0 Å². The highest BCUT2D eigenvalue weighted by Crippen LogP contribution is 2.43. The number of benzene rings is 8. The second kappa shape index (κ2) is 13.8. The number of rotatable bonds is 6. The molecule has 0 unspecified atom stereocenters. The van der Waals surface area contributed by atoms with E-state index in [-0.39, 0.29) is 0 Å². The molecule has 60 heavy (non-hydrogen) atoms. The topological polar surface area (TPSA) is 48.5 Å². The molecule has 280 valence electrons. The van der Waals surface area contributed by atoms with Gasteiger partial charge < -0.3 is 4.57 Å². The number of pyridine rings is 1. The maximum Gasteiger partial charge on any atom is 0.160 e. The zero-order valence-electron chi connectivity index (χ0n) is 32.4. The Kier molecular flexibility index (Phi) is 7.78. The fourth-order valence-electron chi connectivity index (χ4n) is 9.03. The summed E-state index contributed by atoms with van der Waals surface area (Å²) in [5, 5.41) is 5.82. The molecule has 0 saturated carbocycles. The molecule has 0 spiro atoms. The van der Waals surface area contributed by atoms with E-state index in [0.717, 1.165) is 83.7 Å². The van der Waals surface area contributed by atoms with Gasteiger partial charge in [0, 0.05) is 49.3 Å². The third kappa shape index (κ3) is 5.44. The number of aromatic nitrogens is 5.